The maximum Gasteiger partial charge on any atom is 0.188 e. The molecule has 2 aromatic carbocycles. The molecule has 5 heteroatoms. The van der Waals surface area contributed by atoms with Gasteiger partial charge in [-0.2, -0.15) is 0 Å². The van der Waals surface area contributed by atoms with Crippen molar-refractivity contribution in [2.75, 3.05) is 21.0 Å². The fourth-order valence-corrected chi connectivity index (χ4v) is 4.51. The van der Waals surface area contributed by atoms with E-state index < -0.39 is 0 Å². The highest BCUT2D eigenvalue weighted by Crippen LogP contribution is 2.48. The van der Waals surface area contributed by atoms with Gasteiger partial charge in [-0.15, -0.1) is 0 Å². The first kappa shape index (κ1) is 20.7. The molecule has 0 aliphatic heterocycles. The molecule has 0 saturated carbocycles. The van der Waals surface area contributed by atoms with E-state index in [1.54, 1.807) is 14.2 Å². The fourth-order valence-electron chi connectivity index (χ4n) is 2.93. The zero-order chi connectivity index (χ0) is 19.2. The van der Waals surface area contributed by atoms with Crippen LogP contribution in [0.1, 0.15) is 37.0 Å². The van der Waals surface area contributed by atoms with E-state index in [1.165, 1.54) is 5.30 Å². The molecule has 0 heterocycles. The monoisotopic (exact) mass is 376 g/mol. The molecule has 0 aliphatic carbocycles. The van der Waals surface area contributed by atoms with E-state index in [0.717, 1.165) is 34.6 Å². The normalized spacial score (nSPS) is 13.8. The van der Waals surface area contributed by atoms with Gasteiger partial charge in [-0.05, 0) is 42.4 Å². The first-order chi connectivity index (χ1) is 12.5. The minimum Gasteiger partial charge on any atom is -0.497 e. The quantitative estimate of drug-likeness (QED) is 0.529. The van der Waals surface area contributed by atoms with Crippen LogP contribution in [-0.4, -0.2) is 26.1 Å². The third-order valence-corrected chi connectivity index (χ3v) is 6.59. The number of rotatable bonds is 9. The van der Waals surface area contributed by atoms with E-state index in [-0.39, 0.29) is 18.6 Å². The Morgan fingerprint density at radius 2 is 1.88 bits per heavy atom. The molecule has 0 fully saturated rings. The summed E-state index contributed by atoms with van der Waals surface area (Å²) in [6.07, 6.45) is 0.931. The predicted molar refractivity (Wildman–Crippen MR) is 108 cm³/mol. The highest BCUT2D eigenvalue weighted by molar-refractivity contribution is 7.48. The molecule has 26 heavy (non-hydrogen) atoms. The Balaban J connectivity index is 2.47. The summed E-state index contributed by atoms with van der Waals surface area (Å²) in [6, 6.07) is 12.2. The zero-order valence-corrected chi connectivity index (χ0v) is 17.3. The van der Waals surface area contributed by atoms with E-state index >= 15 is 0 Å². The molecular formula is C21H29O4P. The summed E-state index contributed by atoms with van der Waals surface area (Å²) in [6.45, 7) is 6.72. The van der Waals surface area contributed by atoms with Crippen LogP contribution < -0.4 is 14.8 Å². The second-order valence-electron chi connectivity index (χ2n) is 6.54. The molecule has 0 aliphatic rings. The Hall–Kier alpha value is -1.61. The molecule has 2 rings (SSSR count). The van der Waals surface area contributed by atoms with Crippen molar-refractivity contribution < 1.29 is 19.3 Å². The van der Waals surface area contributed by atoms with Crippen LogP contribution in [0, 0.1) is 6.92 Å². The number of methoxy groups -OCH3 is 2. The summed E-state index contributed by atoms with van der Waals surface area (Å²) < 4.78 is 16.4. The van der Waals surface area contributed by atoms with Gasteiger partial charge in [0.2, 0.25) is 0 Å². The third kappa shape index (κ3) is 4.76. The first-order valence-electron chi connectivity index (χ1n) is 8.76. The summed E-state index contributed by atoms with van der Waals surface area (Å²) in [4.78, 5) is 0. The topological polar surface area (TPSA) is 47.9 Å². The number of aliphatic hydroxyl groups is 1. The second kappa shape index (κ2) is 9.36. The van der Waals surface area contributed by atoms with Crippen molar-refractivity contribution in [2.45, 2.75) is 39.0 Å². The first-order valence-corrected chi connectivity index (χ1v) is 9.76. The number of hydrogen-bond donors (Lipinski definition) is 1. The Morgan fingerprint density at radius 1 is 1.12 bits per heavy atom. The highest BCUT2D eigenvalue weighted by Gasteiger charge is 2.30. The summed E-state index contributed by atoms with van der Waals surface area (Å²) in [7, 11) is 3.78. The molecule has 0 spiro atoms. The number of hydrogen-bond acceptors (Lipinski definition) is 4. The predicted octanol–water partition coefficient (Wildman–Crippen LogP) is 4.11. The molecule has 142 valence electrons. The van der Waals surface area contributed by atoms with Gasteiger partial charge in [-0.25, -0.2) is 0 Å². The van der Waals surface area contributed by atoms with E-state index in [4.69, 9.17) is 14.2 Å². The Labute approximate surface area is 158 Å². The molecular weight excluding hydrogens is 347 g/mol. The average molecular weight is 376 g/mol. The van der Waals surface area contributed by atoms with Crippen LogP contribution in [0.3, 0.4) is 0 Å². The largest absolute Gasteiger partial charge is 0.497 e. The van der Waals surface area contributed by atoms with Crippen LogP contribution in [0.2, 0.25) is 0 Å². The van der Waals surface area contributed by atoms with Crippen LogP contribution in [0.25, 0.3) is 0 Å². The van der Waals surface area contributed by atoms with Crippen molar-refractivity contribution in [1.29, 1.82) is 0 Å². The van der Waals surface area contributed by atoms with Gasteiger partial charge in [-0.3, -0.25) is 0 Å². The number of aryl methyl sites for hydroxylation is 1. The number of ether oxygens (including phenoxy) is 3. The van der Waals surface area contributed by atoms with Crippen LogP contribution in [0.15, 0.2) is 36.4 Å². The molecule has 4 nitrogen and oxygen atoms in total. The smallest absolute Gasteiger partial charge is 0.188 e. The minimum atomic E-state index is -0.142. The molecule has 0 radical (unpaired) electrons. The van der Waals surface area contributed by atoms with Crippen LogP contribution in [-0.2, 0) is 16.5 Å². The van der Waals surface area contributed by atoms with E-state index in [1.807, 2.05) is 25.1 Å². The summed E-state index contributed by atoms with van der Waals surface area (Å²) in [5.74, 6) is 1.61. The van der Waals surface area contributed by atoms with Gasteiger partial charge in [0, 0.05) is 17.8 Å². The van der Waals surface area contributed by atoms with Crippen molar-refractivity contribution in [3.63, 3.8) is 0 Å². The molecule has 0 amide bonds. The molecule has 0 saturated heterocycles. The van der Waals surface area contributed by atoms with Crippen molar-refractivity contribution in [1.82, 2.24) is 0 Å². The molecule has 1 N–H and O–H groups in total. The number of aliphatic hydroxyl groups excluding tert-OH is 1. The molecule has 0 aromatic heterocycles. The van der Waals surface area contributed by atoms with Crippen molar-refractivity contribution in [2.24, 2.45) is 0 Å². The average Bonchev–Trinajstić information content (AvgIpc) is 2.67. The standard InChI is InChI=1S/C21H29O4P/c1-6-21(3,26-20-10-7-15(2)11-16(20)13-22)18-12-17(24-5)8-9-19(18)25-14-23-4/h7-12,22,26H,6,13-14H2,1-5H3. The lowest BCUT2D eigenvalue weighted by molar-refractivity contribution is 0.0500. The zero-order valence-electron chi connectivity index (χ0n) is 16.3. The van der Waals surface area contributed by atoms with Gasteiger partial charge in [0.25, 0.3) is 0 Å². The van der Waals surface area contributed by atoms with Crippen LogP contribution in [0.5, 0.6) is 11.5 Å². The number of benzene rings is 2. The molecule has 0 bridgehead atoms. The lowest BCUT2D eigenvalue weighted by Gasteiger charge is -2.32. The molecule has 2 unspecified atom stereocenters. The lowest BCUT2D eigenvalue weighted by Crippen LogP contribution is -2.21. The maximum atomic E-state index is 9.78. The van der Waals surface area contributed by atoms with Crippen LogP contribution in [0.4, 0.5) is 0 Å². The van der Waals surface area contributed by atoms with E-state index in [9.17, 15) is 5.11 Å². The third-order valence-electron chi connectivity index (χ3n) is 4.66. The molecule has 2 aromatic rings. The SMILES string of the molecule is CCC(C)(Pc1ccc(C)cc1CO)c1cc(OC)ccc1OCOC. The van der Waals surface area contributed by atoms with Crippen LogP contribution >= 0.6 is 8.58 Å². The Bertz CT molecular complexity index is 732. The van der Waals surface area contributed by atoms with Gasteiger partial charge >= 0.3 is 0 Å². The Morgan fingerprint density at radius 3 is 2.50 bits per heavy atom. The van der Waals surface area contributed by atoms with E-state index in [2.05, 4.69) is 32.0 Å². The second-order valence-corrected chi connectivity index (χ2v) is 8.43. The van der Waals surface area contributed by atoms with Gasteiger partial charge in [0.05, 0.1) is 13.7 Å². The fraction of sp³-hybridized carbons (Fsp3) is 0.429. The van der Waals surface area contributed by atoms with Crippen molar-refractivity contribution in [3.8, 4) is 11.5 Å². The van der Waals surface area contributed by atoms with Crippen molar-refractivity contribution in [3.05, 3.63) is 53.1 Å². The Kier molecular flexibility index (Phi) is 7.45. The van der Waals surface area contributed by atoms with Gasteiger partial charge in [-0.1, -0.05) is 46.2 Å². The maximum absolute atomic E-state index is 9.78. The van der Waals surface area contributed by atoms with Gasteiger partial charge in [0.15, 0.2) is 6.79 Å². The summed E-state index contributed by atoms with van der Waals surface area (Å²) in [5, 5.41) is 10.8. The summed E-state index contributed by atoms with van der Waals surface area (Å²) in [5.41, 5.74) is 3.25. The lowest BCUT2D eigenvalue weighted by atomic mass is 9.96. The van der Waals surface area contributed by atoms with Crippen molar-refractivity contribution >= 4 is 13.9 Å². The summed E-state index contributed by atoms with van der Waals surface area (Å²) >= 11 is 0. The minimum absolute atomic E-state index is 0.0505. The molecule has 2 atom stereocenters. The van der Waals surface area contributed by atoms with E-state index in [0.29, 0.717) is 8.58 Å². The van der Waals surface area contributed by atoms with Gasteiger partial charge < -0.3 is 19.3 Å². The van der Waals surface area contributed by atoms with Gasteiger partial charge in [0.1, 0.15) is 11.5 Å². The highest BCUT2D eigenvalue weighted by atomic mass is 31.1.